The van der Waals surface area contributed by atoms with E-state index in [4.69, 9.17) is 42.6 Å². The topological polar surface area (TPSA) is 206 Å². The highest BCUT2D eigenvalue weighted by Crippen LogP contribution is 2.33. The van der Waals surface area contributed by atoms with Crippen LogP contribution in [-0.2, 0) is 57.0 Å². The Balaban J connectivity index is 1.50. The molecule has 55 heavy (non-hydrogen) atoms. The van der Waals surface area contributed by atoms with E-state index in [0.29, 0.717) is 0 Å². The van der Waals surface area contributed by atoms with E-state index in [-0.39, 0.29) is 16.7 Å². The first kappa shape index (κ1) is 40.5. The van der Waals surface area contributed by atoms with E-state index in [9.17, 15) is 33.9 Å². The van der Waals surface area contributed by atoms with Crippen molar-refractivity contribution in [1.82, 2.24) is 0 Å². The van der Waals surface area contributed by atoms with Gasteiger partial charge in [-0.25, -0.2) is 14.4 Å². The Morgan fingerprint density at radius 1 is 0.509 bits per heavy atom. The summed E-state index contributed by atoms with van der Waals surface area (Å²) in [5.74, 6) is -5.08. The van der Waals surface area contributed by atoms with E-state index in [1.54, 1.807) is 54.6 Å². The van der Waals surface area contributed by atoms with Crippen molar-refractivity contribution in [2.75, 3.05) is 6.61 Å². The maximum atomic E-state index is 13.6. The maximum absolute atomic E-state index is 13.6. The minimum Gasteiger partial charge on any atom is -0.456 e. The number of benzene rings is 3. The van der Waals surface area contributed by atoms with Crippen LogP contribution < -0.4 is 0 Å². The van der Waals surface area contributed by atoms with Gasteiger partial charge in [-0.15, -0.1) is 0 Å². The van der Waals surface area contributed by atoms with Crippen molar-refractivity contribution in [3.63, 3.8) is 0 Å². The third kappa shape index (κ3) is 10.5. The van der Waals surface area contributed by atoms with Crippen LogP contribution in [0.3, 0.4) is 0 Å². The molecule has 2 saturated heterocycles. The van der Waals surface area contributed by atoms with Crippen LogP contribution in [0.1, 0.15) is 58.8 Å². The largest absolute Gasteiger partial charge is 0.456 e. The molecule has 0 spiro atoms. The fraction of sp³-hybridized carbons (Fsp3) is 0.385. The molecule has 0 radical (unpaired) electrons. The van der Waals surface area contributed by atoms with Gasteiger partial charge in [-0.3, -0.25) is 14.4 Å². The molecule has 5 rings (SSSR count). The molecule has 292 valence electrons. The zero-order valence-corrected chi connectivity index (χ0v) is 30.2. The molecule has 2 heterocycles. The molecule has 16 nitrogen and oxygen atoms in total. The van der Waals surface area contributed by atoms with E-state index < -0.39 is 104 Å². The van der Waals surface area contributed by atoms with E-state index in [2.05, 4.69) is 0 Å². The van der Waals surface area contributed by atoms with Gasteiger partial charge in [0, 0.05) is 20.8 Å². The molecule has 3 aromatic rings. The summed E-state index contributed by atoms with van der Waals surface area (Å²) in [6, 6.07) is 23.4. The van der Waals surface area contributed by atoms with Gasteiger partial charge in [0.15, 0.2) is 49.2 Å². The number of carbonyl (C=O) groups excluding carboxylic acids is 6. The van der Waals surface area contributed by atoms with Gasteiger partial charge < -0.3 is 47.7 Å². The molecule has 2 aliphatic heterocycles. The highest BCUT2D eigenvalue weighted by Gasteiger charge is 2.55. The van der Waals surface area contributed by atoms with Crippen LogP contribution in [0.2, 0.25) is 0 Å². The lowest BCUT2D eigenvalue weighted by molar-refractivity contribution is -0.323. The van der Waals surface area contributed by atoms with Gasteiger partial charge >= 0.3 is 35.8 Å². The number of hydrogen-bond acceptors (Lipinski definition) is 16. The smallest absolute Gasteiger partial charge is 0.338 e. The first-order valence-corrected chi connectivity index (χ1v) is 17.2. The Morgan fingerprint density at radius 3 is 1.35 bits per heavy atom. The molecular formula is C39H40O16. The molecule has 16 heteroatoms. The average molecular weight is 765 g/mol. The van der Waals surface area contributed by atoms with E-state index in [1.807, 2.05) is 0 Å². The SMILES string of the molecule is CC(=O)O[C@@H]1[C@@H](OC(C)=O)[C@H](C)O[C@@H](OC[C@H]2O[C@H](O)[C@H](OC(=O)c3ccccc3)[C@@H](OC(=O)c3ccccc3)[C@@H]2OC(=O)c2ccccc2)[C@@H]1OC(C)=O. The van der Waals surface area contributed by atoms with Gasteiger partial charge in [-0.05, 0) is 43.3 Å². The Labute approximate surface area is 315 Å². The first-order valence-electron chi connectivity index (χ1n) is 17.2. The summed E-state index contributed by atoms with van der Waals surface area (Å²) in [6.45, 7) is 4.20. The molecule has 10 atom stereocenters. The predicted octanol–water partition coefficient (Wildman–Crippen LogP) is 2.94. The van der Waals surface area contributed by atoms with Crippen molar-refractivity contribution in [2.45, 2.75) is 89.1 Å². The molecule has 0 amide bonds. The summed E-state index contributed by atoms with van der Waals surface area (Å²) in [4.78, 5) is 76.8. The van der Waals surface area contributed by atoms with Gasteiger partial charge in [0.1, 0.15) is 6.10 Å². The van der Waals surface area contributed by atoms with Crippen molar-refractivity contribution >= 4 is 35.8 Å². The fourth-order valence-corrected chi connectivity index (χ4v) is 6.02. The van der Waals surface area contributed by atoms with Crippen LogP contribution in [-0.4, -0.2) is 109 Å². The standard InChI is InChI=1S/C39H40O16/c1-21-29(49-22(2)40)31(50-23(3)41)34(51-24(4)42)39(48-21)47-20-28-30(53-35(43)25-14-8-5-9-15-25)32(54-36(44)26-16-10-6-11-17-26)33(38(46)52-28)55-37(45)27-18-12-7-13-19-27/h5-19,21,28-34,38-39,46H,20H2,1-4H3/t21-,28+,29-,30+,31+,32-,33+,34+,38-,39+/m0/s1. The van der Waals surface area contributed by atoms with E-state index in [0.717, 1.165) is 20.8 Å². The number of carbonyl (C=O) groups is 6. The van der Waals surface area contributed by atoms with Crippen molar-refractivity contribution < 1.29 is 76.5 Å². The van der Waals surface area contributed by atoms with Gasteiger partial charge in [0.25, 0.3) is 0 Å². The lowest BCUT2D eigenvalue weighted by Gasteiger charge is -2.45. The number of hydrogen-bond donors (Lipinski definition) is 1. The molecule has 2 fully saturated rings. The molecule has 0 saturated carbocycles. The Hall–Kier alpha value is -5.68. The second kappa shape index (κ2) is 18.6. The zero-order chi connectivity index (χ0) is 39.6. The molecule has 3 aromatic carbocycles. The molecule has 2 aliphatic rings. The second-order valence-electron chi connectivity index (χ2n) is 12.5. The number of rotatable bonds is 12. The Bertz CT molecular complexity index is 1800. The lowest BCUT2D eigenvalue weighted by atomic mass is 9.97. The van der Waals surface area contributed by atoms with Crippen molar-refractivity contribution in [1.29, 1.82) is 0 Å². The van der Waals surface area contributed by atoms with Crippen LogP contribution in [0, 0.1) is 0 Å². The number of ether oxygens (including phenoxy) is 9. The first-order chi connectivity index (χ1) is 26.3. The number of esters is 6. The van der Waals surface area contributed by atoms with E-state index in [1.165, 1.54) is 43.3 Å². The third-order valence-electron chi connectivity index (χ3n) is 8.43. The zero-order valence-electron chi connectivity index (χ0n) is 30.2. The average Bonchev–Trinajstić information content (AvgIpc) is 3.16. The number of aliphatic hydroxyl groups excluding tert-OH is 1. The van der Waals surface area contributed by atoms with Crippen LogP contribution in [0.25, 0.3) is 0 Å². The van der Waals surface area contributed by atoms with Gasteiger partial charge in [-0.1, -0.05) is 54.6 Å². The number of aliphatic hydroxyl groups is 1. The summed E-state index contributed by atoms with van der Waals surface area (Å²) in [7, 11) is 0. The summed E-state index contributed by atoms with van der Waals surface area (Å²) in [5.41, 5.74) is 0.283. The lowest BCUT2D eigenvalue weighted by Crippen LogP contribution is -2.64. The van der Waals surface area contributed by atoms with Gasteiger partial charge in [0.2, 0.25) is 0 Å². The van der Waals surface area contributed by atoms with Crippen LogP contribution in [0.5, 0.6) is 0 Å². The van der Waals surface area contributed by atoms with Crippen LogP contribution in [0.15, 0.2) is 91.0 Å². The van der Waals surface area contributed by atoms with E-state index >= 15 is 0 Å². The maximum Gasteiger partial charge on any atom is 0.338 e. The third-order valence-corrected chi connectivity index (χ3v) is 8.43. The summed E-state index contributed by atoms with van der Waals surface area (Å²) < 4.78 is 51.6. The van der Waals surface area contributed by atoms with Gasteiger partial charge in [-0.2, -0.15) is 0 Å². The molecule has 0 unspecified atom stereocenters. The highest BCUT2D eigenvalue weighted by atomic mass is 16.7. The quantitative estimate of drug-likeness (QED) is 0.208. The predicted molar refractivity (Wildman–Crippen MR) is 185 cm³/mol. The summed E-state index contributed by atoms with van der Waals surface area (Å²) in [5, 5.41) is 11.4. The fourth-order valence-electron chi connectivity index (χ4n) is 6.02. The van der Waals surface area contributed by atoms with Gasteiger partial charge in [0.05, 0.1) is 29.4 Å². The molecule has 0 aliphatic carbocycles. The molecule has 0 aromatic heterocycles. The monoisotopic (exact) mass is 764 g/mol. The minimum atomic E-state index is -1.99. The van der Waals surface area contributed by atoms with Crippen LogP contribution in [0.4, 0.5) is 0 Å². The normalized spacial score (nSPS) is 27.4. The molecular weight excluding hydrogens is 724 g/mol. The summed E-state index contributed by atoms with van der Waals surface area (Å²) >= 11 is 0. The van der Waals surface area contributed by atoms with Crippen molar-refractivity contribution in [2.24, 2.45) is 0 Å². The Morgan fingerprint density at radius 2 is 0.891 bits per heavy atom. The minimum absolute atomic E-state index is 0.0882. The van der Waals surface area contributed by atoms with Crippen molar-refractivity contribution in [3.8, 4) is 0 Å². The highest BCUT2D eigenvalue weighted by molar-refractivity contribution is 5.91. The molecule has 0 bridgehead atoms. The second-order valence-corrected chi connectivity index (χ2v) is 12.5. The summed E-state index contributed by atoms with van der Waals surface area (Å²) in [6.07, 6.45) is -15.2. The van der Waals surface area contributed by atoms with Crippen molar-refractivity contribution in [3.05, 3.63) is 108 Å². The van der Waals surface area contributed by atoms with Crippen LogP contribution >= 0.6 is 0 Å². The molecule has 1 N–H and O–H groups in total. The Kier molecular flexibility index (Phi) is 13.7.